The summed E-state index contributed by atoms with van der Waals surface area (Å²) in [6.07, 6.45) is 0.722. The molecular weight excluding hydrogens is 540 g/mol. The van der Waals surface area contributed by atoms with E-state index in [4.69, 9.17) is 23.8 Å². The third kappa shape index (κ3) is 3.27. The second kappa shape index (κ2) is 7.67. The number of thioether (sulfide) groups is 1. The summed E-state index contributed by atoms with van der Waals surface area (Å²) >= 11 is 16.5. The van der Waals surface area contributed by atoms with E-state index in [1.54, 1.807) is 4.90 Å². The maximum Gasteiger partial charge on any atom is 0.266 e. The fraction of sp³-hybridized carbons (Fsp3) is 0.320. The van der Waals surface area contributed by atoms with Crippen LogP contribution in [0.4, 0.5) is 5.69 Å². The minimum Gasteiger partial charge on any atom is -0.302 e. The predicted molar refractivity (Wildman–Crippen MR) is 143 cm³/mol. The van der Waals surface area contributed by atoms with Crippen LogP contribution in [-0.4, -0.2) is 33.1 Å². The Morgan fingerprint density at radius 2 is 1.79 bits per heavy atom. The summed E-state index contributed by atoms with van der Waals surface area (Å²) in [4.78, 5) is 31.0. The van der Waals surface area contributed by atoms with E-state index >= 15 is 0 Å². The Hall–Kier alpha value is -1.67. The molecule has 2 amide bonds. The van der Waals surface area contributed by atoms with Gasteiger partial charge < -0.3 is 4.90 Å². The number of rotatable bonds is 2. The number of hydrogen-bond acceptors (Lipinski definition) is 4. The smallest absolute Gasteiger partial charge is 0.266 e. The highest BCUT2D eigenvalue weighted by Gasteiger charge is 2.54. The van der Waals surface area contributed by atoms with Crippen LogP contribution in [0.5, 0.6) is 0 Å². The Morgan fingerprint density at radius 3 is 2.39 bits per heavy atom. The van der Waals surface area contributed by atoms with Crippen LogP contribution >= 0.6 is 51.5 Å². The summed E-state index contributed by atoms with van der Waals surface area (Å²) in [7, 11) is 0. The van der Waals surface area contributed by atoms with Crippen molar-refractivity contribution in [2.45, 2.75) is 45.1 Å². The Bertz CT molecular complexity index is 1290. The van der Waals surface area contributed by atoms with Crippen molar-refractivity contribution in [3.05, 3.63) is 67.5 Å². The molecule has 1 atom stereocenters. The molecule has 1 unspecified atom stereocenters. The minimum absolute atomic E-state index is 0.135. The normalized spacial score (nSPS) is 25.8. The monoisotopic (exact) mass is 560 g/mol. The quantitative estimate of drug-likeness (QED) is 0.309. The van der Waals surface area contributed by atoms with Gasteiger partial charge in [-0.25, -0.2) is 0 Å². The summed E-state index contributed by atoms with van der Waals surface area (Å²) < 4.78 is 1.36. The lowest BCUT2D eigenvalue weighted by molar-refractivity contribution is -0.122. The SMILES string of the molecule is CCN1C(=O)C(=C2C(=O)N3c4c2cc(Br)cc4C(C)(c2ccc(Cl)cc2)CC3(C)C)SC1=S. The molecule has 0 aromatic heterocycles. The lowest BCUT2D eigenvalue weighted by Gasteiger charge is -2.49. The number of benzene rings is 2. The zero-order chi connectivity index (χ0) is 23.9. The van der Waals surface area contributed by atoms with Gasteiger partial charge in [0.05, 0.1) is 16.2 Å². The predicted octanol–water partition coefficient (Wildman–Crippen LogP) is 6.53. The molecule has 4 nitrogen and oxygen atoms in total. The van der Waals surface area contributed by atoms with E-state index in [0.29, 0.717) is 26.4 Å². The molecule has 0 bridgehead atoms. The van der Waals surface area contributed by atoms with Crippen LogP contribution < -0.4 is 4.90 Å². The highest BCUT2D eigenvalue weighted by atomic mass is 79.9. The van der Waals surface area contributed by atoms with E-state index < -0.39 is 5.54 Å². The van der Waals surface area contributed by atoms with Crippen molar-refractivity contribution in [2.24, 2.45) is 0 Å². The van der Waals surface area contributed by atoms with Gasteiger partial charge in [0.15, 0.2) is 0 Å². The number of amides is 2. The second-order valence-electron chi connectivity index (χ2n) is 9.44. The number of hydrogen-bond donors (Lipinski definition) is 0. The van der Waals surface area contributed by atoms with Gasteiger partial charge in [-0.3, -0.25) is 14.5 Å². The number of nitrogens with zero attached hydrogens (tertiary/aromatic N) is 2. The van der Waals surface area contributed by atoms with Crippen molar-refractivity contribution in [3.8, 4) is 0 Å². The summed E-state index contributed by atoms with van der Waals surface area (Å²) in [5.74, 6) is -0.327. The van der Waals surface area contributed by atoms with Crippen molar-refractivity contribution < 1.29 is 9.59 Å². The molecule has 8 heteroatoms. The molecule has 0 spiro atoms. The van der Waals surface area contributed by atoms with Crippen LogP contribution in [0.1, 0.15) is 50.8 Å². The van der Waals surface area contributed by atoms with Gasteiger partial charge in [-0.1, -0.05) is 70.6 Å². The molecule has 0 N–H and O–H groups in total. The van der Waals surface area contributed by atoms with Crippen LogP contribution in [0.3, 0.4) is 0 Å². The summed E-state index contributed by atoms with van der Waals surface area (Å²) in [5, 5.41) is 0.689. The van der Waals surface area contributed by atoms with Crippen molar-refractivity contribution in [1.82, 2.24) is 4.90 Å². The minimum atomic E-state index is -0.472. The Morgan fingerprint density at radius 1 is 1.12 bits per heavy atom. The number of carbonyl (C=O) groups excluding carboxylic acids is 2. The molecule has 1 fully saturated rings. The van der Waals surface area contributed by atoms with Crippen LogP contribution in [0.2, 0.25) is 5.02 Å². The van der Waals surface area contributed by atoms with Crippen molar-refractivity contribution in [2.75, 3.05) is 11.4 Å². The van der Waals surface area contributed by atoms with Crippen molar-refractivity contribution in [3.63, 3.8) is 0 Å². The number of carbonyl (C=O) groups is 2. The highest BCUT2D eigenvalue weighted by molar-refractivity contribution is 9.10. The molecule has 0 radical (unpaired) electrons. The third-order valence-electron chi connectivity index (χ3n) is 6.84. The molecule has 2 aromatic carbocycles. The Balaban J connectivity index is 1.81. The van der Waals surface area contributed by atoms with Gasteiger partial charge in [0.2, 0.25) is 0 Å². The van der Waals surface area contributed by atoms with Crippen LogP contribution in [0.25, 0.3) is 5.57 Å². The lowest BCUT2D eigenvalue weighted by Crippen LogP contribution is -2.54. The second-order valence-corrected chi connectivity index (χ2v) is 12.4. The first-order chi connectivity index (χ1) is 15.5. The average molecular weight is 562 g/mol. The van der Waals surface area contributed by atoms with E-state index in [1.807, 2.05) is 30.0 Å². The Kier molecular flexibility index (Phi) is 5.37. The maximum atomic E-state index is 13.9. The molecule has 170 valence electrons. The van der Waals surface area contributed by atoms with Gasteiger partial charge in [0.25, 0.3) is 11.8 Å². The third-order valence-corrected chi connectivity index (χ3v) is 9.00. The molecule has 0 aliphatic carbocycles. The molecule has 1 saturated heterocycles. The number of thiocarbonyl (C=S) groups is 1. The summed E-state index contributed by atoms with van der Waals surface area (Å²) in [6, 6.07) is 12.0. The molecule has 3 aliphatic heterocycles. The van der Waals surface area contributed by atoms with Gasteiger partial charge in [0, 0.05) is 32.6 Å². The topological polar surface area (TPSA) is 40.6 Å². The summed E-state index contributed by atoms with van der Waals surface area (Å²) in [5.41, 5.74) is 3.50. The van der Waals surface area contributed by atoms with Gasteiger partial charge >= 0.3 is 0 Å². The standard InChI is InChI=1S/C25H22BrClN2O2S2/c1-5-28-22(31)20(33-23(28)32)18-16-10-14(26)11-17-19(16)29(21(18)30)24(2,3)12-25(17,4)13-6-8-15(27)9-7-13/h6-11H,5,12H2,1-4H3. The van der Waals surface area contributed by atoms with E-state index in [1.165, 1.54) is 11.8 Å². The van der Waals surface area contributed by atoms with Gasteiger partial charge in [-0.05, 0) is 62.6 Å². The summed E-state index contributed by atoms with van der Waals surface area (Å²) in [6.45, 7) is 8.77. The number of halogens is 2. The van der Waals surface area contributed by atoms with E-state index in [9.17, 15) is 9.59 Å². The van der Waals surface area contributed by atoms with E-state index in [2.05, 4.69) is 54.9 Å². The van der Waals surface area contributed by atoms with Gasteiger partial charge in [-0.2, -0.15) is 0 Å². The van der Waals surface area contributed by atoms with Crippen LogP contribution in [-0.2, 0) is 15.0 Å². The fourth-order valence-corrected chi connectivity index (χ4v) is 7.55. The lowest BCUT2D eigenvalue weighted by atomic mass is 9.65. The molecular formula is C25H22BrClN2O2S2. The maximum absolute atomic E-state index is 13.9. The number of likely N-dealkylation sites (N-methyl/N-ethyl adjacent to an activating group) is 1. The first kappa shape index (κ1) is 23.1. The van der Waals surface area contributed by atoms with Crippen molar-refractivity contribution in [1.29, 1.82) is 0 Å². The molecule has 3 heterocycles. The zero-order valence-corrected chi connectivity index (χ0v) is 22.6. The van der Waals surface area contributed by atoms with Gasteiger partial charge in [-0.15, -0.1) is 0 Å². The van der Waals surface area contributed by atoms with Crippen LogP contribution in [0.15, 0.2) is 45.8 Å². The van der Waals surface area contributed by atoms with Crippen molar-refractivity contribution >= 4 is 78.9 Å². The largest absolute Gasteiger partial charge is 0.302 e. The van der Waals surface area contributed by atoms with Crippen LogP contribution in [0, 0.1) is 0 Å². The zero-order valence-electron chi connectivity index (χ0n) is 18.7. The van der Waals surface area contributed by atoms with E-state index in [-0.39, 0.29) is 17.2 Å². The molecule has 3 aliphatic rings. The highest BCUT2D eigenvalue weighted by Crippen LogP contribution is 2.58. The first-order valence-electron chi connectivity index (χ1n) is 10.7. The first-order valence-corrected chi connectivity index (χ1v) is 13.1. The molecule has 5 rings (SSSR count). The van der Waals surface area contributed by atoms with E-state index in [0.717, 1.165) is 33.3 Å². The fourth-order valence-electron chi connectivity index (χ4n) is 5.51. The Labute approximate surface area is 216 Å². The van der Waals surface area contributed by atoms with Gasteiger partial charge in [0.1, 0.15) is 4.32 Å². The number of anilines is 1. The molecule has 2 aromatic rings. The molecule has 33 heavy (non-hydrogen) atoms. The molecule has 0 saturated carbocycles. The average Bonchev–Trinajstić information content (AvgIpc) is 3.18.